The molecular formula is C54H89NO19P2S. The highest BCUT2D eigenvalue weighted by Crippen LogP contribution is 2.50. The van der Waals surface area contributed by atoms with E-state index in [-0.39, 0.29) is 31.4 Å². The fraction of sp³-hybridized carbons (Fsp3) is 0.648. The number of phosphoric acid groups is 2. The van der Waals surface area contributed by atoms with Gasteiger partial charge in [0.2, 0.25) is 0 Å². The second-order valence-electron chi connectivity index (χ2n) is 18.4. The second-order valence-corrected chi connectivity index (χ2v) is 22.3. The Balaban J connectivity index is 2.99. The number of hydrogen-bond donors (Lipinski definition) is 10. The molecule has 1 rings (SSSR count). The summed E-state index contributed by atoms with van der Waals surface area (Å²) in [5.74, 6) is -2.93. The van der Waals surface area contributed by atoms with Gasteiger partial charge in [0.15, 0.2) is 6.10 Å². The number of carbonyl (C=O) groups is 3. The quantitative estimate of drug-likeness (QED) is 0.00906. The van der Waals surface area contributed by atoms with Crippen LogP contribution in [0.5, 0.6) is 0 Å². The molecule has 1 unspecified atom stereocenters. The van der Waals surface area contributed by atoms with Crippen LogP contribution in [-0.2, 0) is 46.6 Å². The van der Waals surface area contributed by atoms with Gasteiger partial charge in [0.05, 0.1) is 12.7 Å². The van der Waals surface area contributed by atoms with Crippen molar-refractivity contribution in [3.63, 3.8) is 0 Å². The number of carboxylic acids is 1. The van der Waals surface area contributed by atoms with Crippen LogP contribution in [-0.4, -0.2) is 142 Å². The van der Waals surface area contributed by atoms with Gasteiger partial charge in [-0.2, -0.15) is 0 Å². The standard InChI is InChI=1S/C54H89NO19P2S/c1-3-5-7-9-11-13-15-17-18-19-20-21-22-23-25-27-29-31-33-38-47(59)72-42(40-71-76(68,69)74-53-51(63)49(61)48(60)50(62)52(53)73-75(65,66)67)39-70-54(64)43(55)41-77-45(44(56)35-34-37-46(57)58)36-32-30-28-26-24-16-14-12-10-8-6-4-2/h11-14,17-18,20-21,23-26,28,30,32,36,42-45,48-53,56,60-63H,3-10,15-16,19,22,27,29,31,33-35,37-41,55H2,1-2H3,(H,57,58)(H,68,69)(H2,65,66,67)/b13-11-,14-12-,18-17-,21-20-,25-23-,26-24-,30-28+,36-32+/t42-,43+,44+,45-,48+,49+,50-,51-,52-,53+/m1/s1. The smallest absolute Gasteiger partial charge is 0.472 e. The molecule has 1 saturated carbocycles. The van der Waals surface area contributed by atoms with Gasteiger partial charge in [0.25, 0.3) is 0 Å². The highest BCUT2D eigenvalue weighted by atomic mass is 32.2. The van der Waals surface area contributed by atoms with Crippen molar-refractivity contribution in [2.24, 2.45) is 5.73 Å². The maximum absolute atomic E-state index is 13.2. The molecule has 77 heavy (non-hydrogen) atoms. The van der Waals surface area contributed by atoms with Crippen molar-refractivity contribution in [3.8, 4) is 0 Å². The molecule has 0 heterocycles. The number of aliphatic hydroxyl groups excluding tert-OH is 5. The van der Waals surface area contributed by atoms with E-state index in [0.29, 0.717) is 12.8 Å². The molecule has 1 fully saturated rings. The molecule has 0 bridgehead atoms. The van der Waals surface area contributed by atoms with E-state index in [1.807, 2.05) is 24.3 Å². The summed E-state index contributed by atoms with van der Waals surface area (Å²) in [4.78, 5) is 66.8. The van der Waals surface area contributed by atoms with E-state index in [1.165, 1.54) is 25.7 Å². The van der Waals surface area contributed by atoms with Crippen LogP contribution in [0.1, 0.15) is 142 Å². The number of aliphatic carboxylic acids is 1. The molecular weight excluding hydrogens is 1060 g/mol. The van der Waals surface area contributed by atoms with Crippen LogP contribution in [0, 0.1) is 0 Å². The summed E-state index contributed by atoms with van der Waals surface area (Å²) in [7, 11) is -11.0. The zero-order valence-corrected chi connectivity index (χ0v) is 47.4. The molecule has 1 aliphatic carbocycles. The van der Waals surface area contributed by atoms with Crippen LogP contribution >= 0.6 is 27.4 Å². The molecule has 11 N–H and O–H groups in total. The molecule has 0 radical (unpaired) electrons. The van der Waals surface area contributed by atoms with Crippen LogP contribution in [0.25, 0.3) is 0 Å². The number of carboxylic acid groups (broad SMARTS) is 1. The van der Waals surface area contributed by atoms with Crippen molar-refractivity contribution in [3.05, 3.63) is 97.2 Å². The van der Waals surface area contributed by atoms with Crippen molar-refractivity contribution in [2.75, 3.05) is 19.0 Å². The molecule has 11 atom stereocenters. The molecule has 23 heteroatoms. The van der Waals surface area contributed by atoms with Gasteiger partial charge in [0, 0.05) is 23.8 Å². The minimum Gasteiger partial charge on any atom is -0.481 e. The van der Waals surface area contributed by atoms with Crippen molar-refractivity contribution in [1.29, 1.82) is 0 Å². The number of carbonyl (C=O) groups excluding carboxylic acids is 2. The highest BCUT2D eigenvalue weighted by molar-refractivity contribution is 8.00. The van der Waals surface area contributed by atoms with Crippen LogP contribution < -0.4 is 5.73 Å². The van der Waals surface area contributed by atoms with Gasteiger partial charge in [-0.1, -0.05) is 143 Å². The van der Waals surface area contributed by atoms with E-state index < -0.39 is 107 Å². The minimum absolute atomic E-state index is 0.103. The maximum atomic E-state index is 13.2. The summed E-state index contributed by atoms with van der Waals surface area (Å²) in [6, 6.07) is -1.32. The molecule has 0 aromatic heterocycles. The number of hydrogen-bond acceptors (Lipinski definition) is 17. The summed E-state index contributed by atoms with van der Waals surface area (Å²) in [5.41, 5.74) is 6.18. The van der Waals surface area contributed by atoms with Gasteiger partial charge < -0.3 is 60.5 Å². The lowest BCUT2D eigenvalue weighted by Crippen LogP contribution is -2.64. The Labute approximate surface area is 459 Å². The lowest BCUT2D eigenvalue weighted by atomic mass is 9.85. The van der Waals surface area contributed by atoms with Gasteiger partial charge in [-0.05, 0) is 83.5 Å². The molecule has 0 saturated heterocycles. The van der Waals surface area contributed by atoms with Gasteiger partial charge in [-0.25, -0.2) is 9.13 Å². The molecule has 440 valence electrons. The number of rotatable bonds is 44. The van der Waals surface area contributed by atoms with Gasteiger partial charge in [0.1, 0.15) is 49.3 Å². The Bertz CT molecular complexity index is 1970. The molecule has 0 aliphatic heterocycles. The van der Waals surface area contributed by atoms with Gasteiger partial charge in [-0.15, -0.1) is 11.8 Å². The van der Waals surface area contributed by atoms with Gasteiger partial charge in [-0.3, -0.25) is 28.0 Å². The SMILES string of the molecule is CCCCC/C=C\C\C=C/C=C/C=C/[C@@H](SC[C@H](N)C(=O)OC[C@H](COP(=O)(O)O[C@H]1[C@H](O)[C@@H](O)[C@H](O)[C@@H](O)[C@H]1OP(=O)(O)O)OC(=O)CCCCC/C=C\C/C=C\C/C=C\C/C=C\CCCCC)[C@@H](O)CCCC(=O)O. The Kier molecular flexibility index (Phi) is 40.5. The molecule has 1 aliphatic rings. The van der Waals surface area contributed by atoms with Crippen molar-refractivity contribution < 1.29 is 91.9 Å². The number of phosphoric ester groups is 2. The second kappa shape index (κ2) is 43.5. The third-order valence-corrected chi connectivity index (χ3v) is 14.5. The van der Waals surface area contributed by atoms with Crippen molar-refractivity contribution >= 4 is 45.3 Å². The first-order valence-corrected chi connectivity index (χ1v) is 30.8. The molecule has 0 spiro atoms. The first kappa shape index (κ1) is 71.7. The lowest BCUT2D eigenvalue weighted by molar-refractivity contribution is -0.216. The first-order chi connectivity index (χ1) is 36.7. The average molecular weight is 1150 g/mol. The van der Waals surface area contributed by atoms with E-state index in [4.69, 9.17) is 29.4 Å². The fourth-order valence-corrected chi connectivity index (χ4v) is 9.98. The van der Waals surface area contributed by atoms with E-state index in [0.717, 1.165) is 76.0 Å². The van der Waals surface area contributed by atoms with E-state index in [2.05, 4.69) is 73.1 Å². The average Bonchev–Trinajstić information content (AvgIpc) is 3.38. The Hall–Kier alpha value is -3.34. The van der Waals surface area contributed by atoms with E-state index >= 15 is 0 Å². The Morgan fingerprint density at radius 2 is 1.12 bits per heavy atom. The number of allylic oxidation sites excluding steroid dienone is 15. The van der Waals surface area contributed by atoms with Crippen LogP contribution in [0.2, 0.25) is 0 Å². The number of nitrogens with two attached hydrogens (primary N) is 1. The fourth-order valence-electron chi connectivity index (χ4n) is 7.33. The summed E-state index contributed by atoms with van der Waals surface area (Å²) < 4.78 is 50.0. The number of thioether (sulfide) groups is 1. The highest BCUT2D eigenvalue weighted by Gasteiger charge is 2.54. The summed E-state index contributed by atoms with van der Waals surface area (Å²) in [6.07, 6.45) is 30.8. The minimum atomic E-state index is -5.52. The van der Waals surface area contributed by atoms with E-state index in [1.54, 1.807) is 18.2 Å². The summed E-state index contributed by atoms with van der Waals surface area (Å²) in [5, 5.41) is 60.6. The lowest BCUT2D eigenvalue weighted by Gasteiger charge is -2.43. The predicted molar refractivity (Wildman–Crippen MR) is 297 cm³/mol. The van der Waals surface area contributed by atoms with E-state index in [9.17, 15) is 63.7 Å². The first-order valence-electron chi connectivity index (χ1n) is 26.7. The number of aliphatic hydroxyl groups is 5. The zero-order valence-electron chi connectivity index (χ0n) is 44.8. The normalized spacial score (nSPS) is 22.1. The molecule has 0 amide bonds. The maximum Gasteiger partial charge on any atom is 0.472 e. The summed E-state index contributed by atoms with van der Waals surface area (Å²) >= 11 is 1.10. The third kappa shape index (κ3) is 36.5. The number of ether oxygens (including phenoxy) is 2. The molecule has 0 aromatic carbocycles. The largest absolute Gasteiger partial charge is 0.481 e. The third-order valence-electron chi connectivity index (χ3n) is 11.6. The summed E-state index contributed by atoms with van der Waals surface area (Å²) in [6.45, 7) is 2.56. The van der Waals surface area contributed by atoms with Gasteiger partial charge >= 0.3 is 33.6 Å². The topological polar surface area (TPSA) is 340 Å². The zero-order chi connectivity index (χ0) is 57.3. The molecule has 20 nitrogen and oxygen atoms in total. The van der Waals surface area contributed by atoms with Crippen molar-refractivity contribution in [2.45, 2.75) is 202 Å². The number of esters is 2. The predicted octanol–water partition coefficient (Wildman–Crippen LogP) is 8.04. The Morgan fingerprint density at radius 1 is 0.610 bits per heavy atom. The van der Waals surface area contributed by atoms with Crippen LogP contribution in [0.4, 0.5) is 0 Å². The molecule has 0 aromatic rings. The van der Waals surface area contributed by atoms with Crippen LogP contribution in [0.3, 0.4) is 0 Å². The van der Waals surface area contributed by atoms with Crippen LogP contribution in [0.15, 0.2) is 97.2 Å². The Morgan fingerprint density at radius 3 is 1.65 bits per heavy atom. The van der Waals surface area contributed by atoms with Crippen molar-refractivity contribution in [1.82, 2.24) is 0 Å². The number of unbranched alkanes of at least 4 members (excludes halogenated alkanes) is 9. The monoisotopic (exact) mass is 1150 g/mol.